The van der Waals surface area contributed by atoms with Crippen molar-refractivity contribution in [3.63, 3.8) is 0 Å². The lowest BCUT2D eigenvalue weighted by molar-refractivity contribution is -0.0394. The Labute approximate surface area is 223 Å². The van der Waals surface area contributed by atoms with Gasteiger partial charge in [-0.05, 0) is 57.1 Å². The monoisotopic (exact) mass is 531 g/mol. The average Bonchev–Trinajstić information content (AvgIpc) is 3.68. The molecular weight excluding hydrogens is 502 g/mol. The van der Waals surface area contributed by atoms with Crippen LogP contribution in [-0.2, 0) is 4.74 Å². The summed E-state index contributed by atoms with van der Waals surface area (Å²) in [5.74, 6) is 0.719. The van der Waals surface area contributed by atoms with E-state index in [4.69, 9.17) is 4.74 Å². The van der Waals surface area contributed by atoms with Crippen LogP contribution in [0.25, 0.3) is 32.6 Å². The van der Waals surface area contributed by atoms with E-state index in [0.717, 1.165) is 90.0 Å². The van der Waals surface area contributed by atoms with Crippen LogP contribution in [0.15, 0.2) is 42.2 Å². The molecule has 10 nitrogen and oxygen atoms in total. The molecule has 0 radical (unpaired) electrons. The maximum atomic E-state index is 11.6. The number of anilines is 1. The Hall–Kier alpha value is -3.57. The fourth-order valence-electron chi connectivity index (χ4n) is 6.32. The van der Waals surface area contributed by atoms with Crippen molar-refractivity contribution >= 4 is 33.5 Å². The van der Waals surface area contributed by atoms with Gasteiger partial charge in [0.15, 0.2) is 0 Å². The van der Waals surface area contributed by atoms with Gasteiger partial charge in [0.25, 0.3) is 0 Å². The van der Waals surface area contributed by atoms with E-state index >= 15 is 0 Å². The summed E-state index contributed by atoms with van der Waals surface area (Å²) in [6.07, 6.45) is 9.89. The SMILES string of the molecule is O=C(O)N1C2CCC1CC(Nc1ccc(-c3ccc(-c4cnn(C5CCCCO5)c4)c4ncsc34)nn1)C2. The van der Waals surface area contributed by atoms with Crippen LogP contribution < -0.4 is 5.32 Å². The minimum absolute atomic E-state index is 0.00460. The minimum atomic E-state index is -0.799. The molecule has 0 aliphatic carbocycles. The Morgan fingerprint density at radius 2 is 1.89 bits per heavy atom. The third-order valence-corrected chi connectivity index (χ3v) is 8.95. The molecule has 1 aromatic carbocycles. The van der Waals surface area contributed by atoms with E-state index in [2.05, 4.69) is 43.9 Å². The number of piperidine rings is 1. The minimum Gasteiger partial charge on any atom is -0.465 e. The summed E-state index contributed by atoms with van der Waals surface area (Å²) in [6.45, 7) is 0.783. The summed E-state index contributed by atoms with van der Waals surface area (Å²) in [6, 6.07) is 8.51. The Kier molecular flexibility index (Phi) is 5.96. The van der Waals surface area contributed by atoms with E-state index in [1.165, 1.54) is 0 Å². The van der Waals surface area contributed by atoms with Gasteiger partial charge in [0.05, 0.1) is 27.6 Å². The molecule has 3 fully saturated rings. The molecule has 3 aliphatic rings. The van der Waals surface area contributed by atoms with Crippen molar-refractivity contribution in [2.24, 2.45) is 0 Å². The summed E-state index contributed by atoms with van der Waals surface area (Å²) in [5.41, 5.74) is 6.66. The van der Waals surface area contributed by atoms with E-state index in [-0.39, 0.29) is 24.4 Å². The van der Waals surface area contributed by atoms with Gasteiger partial charge in [0.1, 0.15) is 12.0 Å². The highest BCUT2D eigenvalue weighted by molar-refractivity contribution is 7.17. The molecule has 3 atom stereocenters. The van der Waals surface area contributed by atoms with Crippen LogP contribution in [0.4, 0.5) is 10.6 Å². The molecule has 3 aliphatic heterocycles. The molecule has 3 unspecified atom stereocenters. The molecule has 0 saturated carbocycles. The second-order valence-corrected chi connectivity index (χ2v) is 11.3. The first kappa shape index (κ1) is 23.5. The van der Waals surface area contributed by atoms with Gasteiger partial charge < -0.3 is 20.1 Å². The van der Waals surface area contributed by atoms with Crippen molar-refractivity contribution in [3.8, 4) is 22.4 Å². The zero-order valence-electron chi connectivity index (χ0n) is 20.9. The number of hydrogen-bond acceptors (Lipinski definition) is 8. The van der Waals surface area contributed by atoms with Crippen LogP contribution in [0.2, 0.25) is 0 Å². The molecule has 4 aromatic rings. The number of nitrogens with one attached hydrogen (secondary N) is 1. The lowest BCUT2D eigenvalue weighted by Crippen LogP contribution is -2.49. The quantitative estimate of drug-likeness (QED) is 0.351. The number of aromatic nitrogens is 5. The molecule has 196 valence electrons. The molecule has 7 rings (SSSR count). The molecule has 38 heavy (non-hydrogen) atoms. The van der Waals surface area contributed by atoms with E-state index in [1.54, 1.807) is 16.2 Å². The second kappa shape index (κ2) is 9.63. The van der Waals surface area contributed by atoms with Crippen LogP contribution in [-0.4, -0.2) is 65.8 Å². The molecular formula is C27H29N7O3S. The van der Waals surface area contributed by atoms with Crippen LogP contribution in [0.5, 0.6) is 0 Å². The predicted octanol–water partition coefficient (Wildman–Crippen LogP) is 5.40. The van der Waals surface area contributed by atoms with Crippen LogP contribution in [0.3, 0.4) is 0 Å². The first-order valence-corrected chi connectivity index (χ1v) is 14.2. The molecule has 3 aromatic heterocycles. The summed E-state index contributed by atoms with van der Waals surface area (Å²) in [5, 5.41) is 26.6. The summed E-state index contributed by atoms with van der Waals surface area (Å²) in [4.78, 5) is 17.9. The van der Waals surface area contributed by atoms with E-state index in [1.807, 2.05) is 28.5 Å². The number of benzene rings is 1. The van der Waals surface area contributed by atoms with E-state index < -0.39 is 6.09 Å². The maximum absolute atomic E-state index is 11.6. The fourth-order valence-corrected chi connectivity index (χ4v) is 7.16. The van der Waals surface area contributed by atoms with Gasteiger partial charge in [-0.1, -0.05) is 12.1 Å². The van der Waals surface area contributed by atoms with Gasteiger partial charge >= 0.3 is 6.09 Å². The van der Waals surface area contributed by atoms with Crippen LogP contribution in [0, 0.1) is 0 Å². The van der Waals surface area contributed by atoms with Crippen molar-refractivity contribution in [2.75, 3.05) is 11.9 Å². The molecule has 2 bridgehead atoms. The predicted molar refractivity (Wildman–Crippen MR) is 144 cm³/mol. The van der Waals surface area contributed by atoms with Crippen LogP contribution in [0.1, 0.15) is 51.2 Å². The second-order valence-electron chi connectivity index (χ2n) is 10.4. The molecule has 1 amide bonds. The molecule has 6 heterocycles. The van der Waals surface area contributed by atoms with E-state index in [9.17, 15) is 9.90 Å². The highest BCUT2D eigenvalue weighted by Gasteiger charge is 2.43. The standard InChI is InChI=1S/C27H29N7O3S/c35-27(36)34-18-4-5-19(34)12-17(11-18)30-23-9-8-22(31-32-23)21-7-6-20(25-26(21)38-15-28-25)16-13-29-33(14-16)24-3-1-2-10-37-24/h6-9,13-15,17-19,24H,1-5,10-12H2,(H,30,32)(H,35,36). The highest BCUT2D eigenvalue weighted by atomic mass is 32.1. The van der Waals surface area contributed by atoms with Gasteiger partial charge in [0.2, 0.25) is 0 Å². The Bertz CT molecular complexity index is 1450. The smallest absolute Gasteiger partial charge is 0.407 e. The molecule has 0 spiro atoms. The number of ether oxygens (including phenoxy) is 1. The number of thiazole rings is 1. The van der Waals surface area contributed by atoms with Crippen molar-refractivity contribution in [1.29, 1.82) is 0 Å². The number of amides is 1. The molecule has 2 N–H and O–H groups in total. The summed E-state index contributed by atoms with van der Waals surface area (Å²) in [7, 11) is 0. The average molecular weight is 532 g/mol. The van der Waals surface area contributed by atoms with E-state index in [0.29, 0.717) is 0 Å². The summed E-state index contributed by atoms with van der Waals surface area (Å²) < 4.78 is 8.88. The first-order chi connectivity index (χ1) is 18.6. The van der Waals surface area contributed by atoms with Gasteiger partial charge in [-0.3, -0.25) is 0 Å². The van der Waals surface area contributed by atoms with Crippen molar-refractivity contribution in [2.45, 2.75) is 69.3 Å². The number of hydrogen-bond donors (Lipinski definition) is 2. The zero-order valence-corrected chi connectivity index (χ0v) is 21.7. The lowest BCUT2D eigenvalue weighted by atomic mass is 9.98. The van der Waals surface area contributed by atoms with Gasteiger partial charge in [0, 0.05) is 47.6 Å². The van der Waals surface area contributed by atoms with Crippen molar-refractivity contribution in [1.82, 2.24) is 29.9 Å². The zero-order chi connectivity index (χ0) is 25.6. The third kappa shape index (κ3) is 4.19. The van der Waals surface area contributed by atoms with Gasteiger partial charge in [-0.25, -0.2) is 14.5 Å². The topological polar surface area (TPSA) is 118 Å². The number of carboxylic acid groups (broad SMARTS) is 1. The molecule has 11 heteroatoms. The van der Waals surface area contributed by atoms with Crippen LogP contribution >= 0.6 is 11.3 Å². The first-order valence-electron chi connectivity index (χ1n) is 13.3. The lowest BCUT2D eigenvalue weighted by Gasteiger charge is -2.37. The number of rotatable bonds is 5. The number of nitrogens with zero attached hydrogens (tertiary/aromatic N) is 6. The third-order valence-electron chi connectivity index (χ3n) is 8.09. The Morgan fingerprint density at radius 1 is 1.05 bits per heavy atom. The Morgan fingerprint density at radius 3 is 2.63 bits per heavy atom. The normalized spacial score (nSPS) is 25.1. The number of carbonyl (C=O) groups is 1. The van der Waals surface area contributed by atoms with Gasteiger partial charge in [-0.15, -0.1) is 21.5 Å². The number of fused-ring (bicyclic) bond motifs is 3. The van der Waals surface area contributed by atoms with Crippen molar-refractivity contribution < 1.29 is 14.6 Å². The highest BCUT2D eigenvalue weighted by Crippen LogP contribution is 2.38. The largest absolute Gasteiger partial charge is 0.465 e. The fraction of sp³-hybridized carbons (Fsp3) is 0.444. The van der Waals surface area contributed by atoms with Gasteiger partial charge in [-0.2, -0.15) is 5.10 Å². The Balaban J connectivity index is 1.09. The summed E-state index contributed by atoms with van der Waals surface area (Å²) >= 11 is 1.60. The maximum Gasteiger partial charge on any atom is 0.407 e. The van der Waals surface area contributed by atoms with Crippen molar-refractivity contribution in [3.05, 3.63) is 42.2 Å². The molecule has 3 saturated heterocycles.